The molecule has 0 fully saturated rings. The zero-order valence-corrected chi connectivity index (χ0v) is 9.45. The first-order chi connectivity index (χ1) is 7.90. The topological polar surface area (TPSA) is 66.4 Å². The third-order valence-corrected chi connectivity index (χ3v) is 2.08. The molecule has 1 aromatic rings. The Bertz CT molecular complexity index is 495. The van der Waals surface area contributed by atoms with Crippen LogP contribution in [-0.4, -0.2) is 17.0 Å². The minimum atomic E-state index is -1.27. The van der Waals surface area contributed by atoms with Gasteiger partial charge in [-0.3, -0.25) is 4.79 Å². The molecule has 17 heavy (non-hydrogen) atoms. The Morgan fingerprint density at radius 3 is 2.59 bits per heavy atom. The molecule has 90 valence electrons. The lowest BCUT2D eigenvalue weighted by Crippen LogP contribution is -2.24. The highest BCUT2D eigenvalue weighted by Crippen LogP contribution is 2.13. The summed E-state index contributed by atoms with van der Waals surface area (Å²) in [6.07, 6.45) is 1.22. The molecule has 5 heteroatoms. The van der Waals surface area contributed by atoms with E-state index in [2.05, 4.69) is 5.32 Å². The number of carbonyl (C=O) groups is 2. The van der Waals surface area contributed by atoms with Crippen LogP contribution in [0.1, 0.15) is 18.1 Å². The normalized spacial score (nSPS) is 11.1. The number of rotatable bonds is 3. The largest absolute Gasteiger partial charge is 0.477 e. The molecule has 1 rings (SSSR count). The second-order valence-corrected chi connectivity index (χ2v) is 3.55. The Balaban J connectivity index is 3.16. The van der Waals surface area contributed by atoms with Gasteiger partial charge in [0.1, 0.15) is 11.5 Å². The van der Waals surface area contributed by atoms with Crippen molar-refractivity contribution >= 4 is 18.0 Å². The van der Waals surface area contributed by atoms with Crippen molar-refractivity contribution in [2.45, 2.75) is 13.8 Å². The Hall–Kier alpha value is -2.17. The van der Waals surface area contributed by atoms with Crippen molar-refractivity contribution < 1.29 is 19.1 Å². The fourth-order valence-electron chi connectivity index (χ4n) is 1.26. The van der Waals surface area contributed by atoms with E-state index in [0.29, 0.717) is 5.56 Å². The Morgan fingerprint density at radius 2 is 2.06 bits per heavy atom. The molecular formula is C12H12FNO3. The van der Waals surface area contributed by atoms with E-state index in [-0.39, 0.29) is 5.70 Å². The van der Waals surface area contributed by atoms with Gasteiger partial charge in [0, 0.05) is 6.92 Å². The molecule has 0 saturated heterocycles. The molecule has 0 atom stereocenters. The van der Waals surface area contributed by atoms with Gasteiger partial charge in [0.2, 0.25) is 5.91 Å². The summed E-state index contributed by atoms with van der Waals surface area (Å²) in [7, 11) is 0. The maximum absolute atomic E-state index is 13.0. The maximum Gasteiger partial charge on any atom is 0.352 e. The molecular weight excluding hydrogens is 225 g/mol. The lowest BCUT2D eigenvalue weighted by atomic mass is 10.1. The highest BCUT2D eigenvalue weighted by molar-refractivity contribution is 5.96. The van der Waals surface area contributed by atoms with Crippen LogP contribution in [0.4, 0.5) is 4.39 Å². The predicted octanol–water partition coefficient (Wildman–Crippen LogP) is 1.70. The van der Waals surface area contributed by atoms with Crippen LogP contribution in [0.25, 0.3) is 6.08 Å². The van der Waals surface area contributed by atoms with E-state index in [4.69, 9.17) is 5.11 Å². The van der Waals surface area contributed by atoms with Crippen LogP contribution in [-0.2, 0) is 9.59 Å². The van der Waals surface area contributed by atoms with E-state index in [1.165, 1.54) is 31.2 Å². The fraction of sp³-hybridized carbons (Fsp3) is 0.167. The standard InChI is InChI=1S/C12H12FNO3/c1-7-3-4-10(13)5-9(7)6-11(12(16)17)14-8(2)15/h3-6H,1-2H3,(H,14,15)(H,16,17)/b11-6+. The lowest BCUT2D eigenvalue weighted by Gasteiger charge is -2.05. The molecule has 0 spiro atoms. The third kappa shape index (κ3) is 3.71. The first-order valence-electron chi connectivity index (χ1n) is 4.89. The van der Waals surface area contributed by atoms with Crippen molar-refractivity contribution in [1.29, 1.82) is 0 Å². The number of halogens is 1. The van der Waals surface area contributed by atoms with Crippen LogP contribution < -0.4 is 5.32 Å². The molecule has 0 aromatic heterocycles. The SMILES string of the molecule is CC(=O)N/C(=C/c1cc(F)ccc1C)C(=O)O. The first kappa shape index (κ1) is 12.9. The van der Waals surface area contributed by atoms with Gasteiger partial charge in [0.25, 0.3) is 0 Å². The van der Waals surface area contributed by atoms with E-state index in [9.17, 15) is 14.0 Å². The molecule has 0 radical (unpaired) electrons. The number of benzene rings is 1. The minimum absolute atomic E-state index is 0.286. The smallest absolute Gasteiger partial charge is 0.352 e. The number of aryl methyl sites for hydroxylation is 1. The molecule has 0 aliphatic heterocycles. The summed E-state index contributed by atoms with van der Waals surface area (Å²) in [4.78, 5) is 21.7. The molecule has 0 aliphatic carbocycles. The van der Waals surface area contributed by atoms with Gasteiger partial charge in [-0.15, -0.1) is 0 Å². The Morgan fingerprint density at radius 1 is 1.41 bits per heavy atom. The molecule has 0 saturated carbocycles. The van der Waals surface area contributed by atoms with Crippen molar-refractivity contribution in [3.05, 3.63) is 40.8 Å². The van der Waals surface area contributed by atoms with Gasteiger partial charge in [0.05, 0.1) is 0 Å². The first-order valence-corrected chi connectivity index (χ1v) is 4.89. The molecule has 0 unspecified atom stereocenters. The monoisotopic (exact) mass is 237 g/mol. The van der Waals surface area contributed by atoms with Gasteiger partial charge in [0.15, 0.2) is 0 Å². The average molecular weight is 237 g/mol. The number of carboxylic acid groups (broad SMARTS) is 1. The van der Waals surface area contributed by atoms with Crippen molar-refractivity contribution in [1.82, 2.24) is 5.32 Å². The van der Waals surface area contributed by atoms with Crippen LogP contribution in [0.5, 0.6) is 0 Å². The van der Waals surface area contributed by atoms with E-state index in [1.54, 1.807) is 6.92 Å². The average Bonchev–Trinajstić information content (AvgIpc) is 2.21. The number of amides is 1. The molecule has 0 aliphatic rings. The fourth-order valence-corrected chi connectivity index (χ4v) is 1.26. The summed E-state index contributed by atoms with van der Waals surface area (Å²) >= 11 is 0. The van der Waals surface area contributed by atoms with Gasteiger partial charge in [-0.1, -0.05) is 6.07 Å². The van der Waals surface area contributed by atoms with E-state index < -0.39 is 17.7 Å². The van der Waals surface area contributed by atoms with Crippen molar-refractivity contribution in [3.63, 3.8) is 0 Å². The van der Waals surface area contributed by atoms with Gasteiger partial charge in [-0.25, -0.2) is 9.18 Å². The van der Waals surface area contributed by atoms with Crippen molar-refractivity contribution in [2.75, 3.05) is 0 Å². The number of aliphatic carboxylic acids is 1. The molecule has 1 aromatic carbocycles. The zero-order valence-electron chi connectivity index (χ0n) is 9.45. The lowest BCUT2D eigenvalue weighted by molar-refractivity contribution is -0.134. The summed E-state index contributed by atoms with van der Waals surface area (Å²) in [6, 6.07) is 4.03. The number of hydrogen-bond acceptors (Lipinski definition) is 2. The summed E-state index contributed by atoms with van der Waals surface area (Å²) in [5.74, 6) is -2.23. The van der Waals surface area contributed by atoms with Gasteiger partial charge < -0.3 is 10.4 Å². The number of carbonyl (C=O) groups excluding carboxylic acids is 1. The van der Waals surface area contributed by atoms with Crippen LogP contribution in [0.2, 0.25) is 0 Å². The predicted molar refractivity (Wildman–Crippen MR) is 60.6 cm³/mol. The van der Waals surface area contributed by atoms with Gasteiger partial charge in [-0.05, 0) is 36.3 Å². The van der Waals surface area contributed by atoms with Crippen LogP contribution in [0.15, 0.2) is 23.9 Å². The molecule has 1 amide bonds. The van der Waals surface area contributed by atoms with E-state index in [0.717, 1.165) is 5.56 Å². The number of carboxylic acids is 1. The molecule has 0 heterocycles. The third-order valence-electron chi connectivity index (χ3n) is 2.08. The highest BCUT2D eigenvalue weighted by atomic mass is 19.1. The van der Waals surface area contributed by atoms with Crippen molar-refractivity contribution in [2.24, 2.45) is 0 Å². The Labute approximate surface area is 97.8 Å². The van der Waals surface area contributed by atoms with Crippen LogP contribution in [0, 0.1) is 12.7 Å². The second-order valence-electron chi connectivity index (χ2n) is 3.55. The number of hydrogen-bond donors (Lipinski definition) is 2. The van der Waals surface area contributed by atoms with Crippen LogP contribution >= 0.6 is 0 Å². The van der Waals surface area contributed by atoms with Crippen molar-refractivity contribution in [3.8, 4) is 0 Å². The quantitative estimate of drug-likeness (QED) is 0.786. The summed E-state index contributed by atoms with van der Waals surface area (Å²) in [6.45, 7) is 2.92. The molecule has 4 nitrogen and oxygen atoms in total. The minimum Gasteiger partial charge on any atom is -0.477 e. The van der Waals surface area contributed by atoms with Gasteiger partial charge >= 0.3 is 5.97 Å². The van der Waals surface area contributed by atoms with Gasteiger partial charge in [-0.2, -0.15) is 0 Å². The van der Waals surface area contributed by atoms with Crippen LogP contribution in [0.3, 0.4) is 0 Å². The second kappa shape index (κ2) is 5.25. The summed E-state index contributed by atoms with van der Waals surface area (Å²) in [5, 5.41) is 11.0. The molecule has 0 bridgehead atoms. The van der Waals surface area contributed by atoms with E-state index in [1.807, 2.05) is 0 Å². The molecule has 2 N–H and O–H groups in total. The van der Waals surface area contributed by atoms with E-state index >= 15 is 0 Å². The summed E-state index contributed by atoms with van der Waals surface area (Å²) < 4.78 is 13.0. The zero-order chi connectivity index (χ0) is 13.0. The maximum atomic E-state index is 13.0. The highest BCUT2D eigenvalue weighted by Gasteiger charge is 2.09. The Kier molecular flexibility index (Phi) is 3.98. The summed E-state index contributed by atoms with van der Waals surface area (Å²) in [5.41, 5.74) is 0.845. The number of nitrogens with one attached hydrogen (secondary N) is 1.